The molecule has 0 fully saturated rings. The average molecular weight is 525 g/mol. The first-order chi connectivity index (χ1) is 17.9. The molecule has 2 aromatic carbocycles. The standard InChI is InChI=1S/C28H36N4O6/c1-6-37-22-12-17-14-32(26(30)18(17)13-19(22)27(36)31-5)15-21(33)16-10-20(28(2,3)4)25(35)23(11-16)38-9-7-8-24(29)34/h10-13,30,35H,6-9,14-15H2,1-5H3,(H2,29,34)(H,31,36). The highest BCUT2D eigenvalue weighted by Crippen LogP contribution is 2.39. The van der Waals surface area contributed by atoms with E-state index in [0.717, 1.165) is 5.56 Å². The third kappa shape index (κ3) is 6.24. The maximum Gasteiger partial charge on any atom is 0.254 e. The quantitative estimate of drug-likeness (QED) is 0.260. The molecule has 0 bridgehead atoms. The summed E-state index contributed by atoms with van der Waals surface area (Å²) in [5.41, 5.74) is 7.28. The highest BCUT2D eigenvalue weighted by atomic mass is 16.5. The van der Waals surface area contributed by atoms with Gasteiger partial charge in [-0.3, -0.25) is 19.8 Å². The Hall–Kier alpha value is -4.08. The lowest BCUT2D eigenvalue weighted by molar-refractivity contribution is -0.118. The number of nitrogens with zero attached hydrogens (tertiary/aromatic N) is 1. The van der Waals surface area contributed by atoms with E-state index in [2.05, 4.69) is 5.32 Å². The largest absolute Gasteiger partial charge is 0.504 e. The lowest BCUT2D eigenvalue weighted by Gasteiger charge is -2.24. The van der Waals surface area contributed by atoms with Crippen LogP contribution in [0.1, 0.15) is 77.9 Å². The molecule has 1 aliphatic heterocycles. The monoisotopic (exact) mass is 524 g/mol. The minimum Gasteiger partial charge on any atom is -0.504 e. The molecular formula is C28H36N4O6. The Morgan fingerprint density at radius 3 is 2.45 bits per heavy atom. The SMILES string of the molecule is CCOc1cc2c(cc1C(=O)NC)C(=N)N(CC(=O)c1cc(OCCCC(N)=O)c(O)c(C(C)(C)C)c1)C2. The number of amidine groups is 1. The molecule has 2 amide bonds. The molecule has 0 aromatic heterocycles. The Morgan fingerprint density at radius 1 is 1.13 bits per heavy atom. The van der Waals surface area contributed by atoms with Crippen molar-refractivity contribution in [1.82, 2.24) is 10.2 Å². The first-order valence-corrected chi connectivity index (χ1v) is 12.5. The molecule has 5 N–H and O–H groups in total. The molecule has 0 spiro atoms. The van der Waals surface area contributed by atoms with Crippen LogP contribution < -0.4 is 20.5 Å². The highest BCUT2D eigenvalue weighted by Gasteiger charge is 2.30. The fraction of sp³-hybridized carbons (Fsp3) is 0.429. The van der Waals surface area contributed by atoms with Crippen molar-refractivity contribution in [3.63, 3.8) is 0 Å². The van der Waals surface area contributed by atoms with Gasteiger partial charge >= 0.3 is 0 Å². The summed E-state index contributed by atoms with van der Waals surface area (Å²) in [6, 6.07) is 6.51. The molecule has 204 valence electrons. The molecule has 1 heterocycles. The number of benzene rings is 2. The fourth-order valence-electron chi connectivity index (χ4n) is 4.29. The summed E-state index contributed by atoms with van der Waals surface area (Å²) >= 11 is 0. The molecule has 0 radical (unpaired) electrons. The van der Waals surface area contributed by atoms with Gasteiger partial charge in [-0.05, 0) is 48.6 Å². The second-order valence-electron chi connectivity index (χ2n) is 10.2. The molecule has 0 aliphatic carbocycles. The summed E-state index contributed by atoms with van der Waals surface area (Å²) in [5.74, 6) is -0.354. The molecule has 38 heavy (non-hydrogen) atoms. The Balaban J connectivity index is 1.87. The van der Waals surface area contributed by atoms with E-state index < -0.39 is 11.3 Å². The minimum absolute atomic E-state index is 0.0559. The van der Waals surface area contributed by atoms with Gasteiger partial charge in [-0.1, -0.05) is 20.8 Å². The Labute approximate surface area is 222 Å². The van der Waals surface area contributed by atoms with Gasteiger partial charge in [0, 0.05) is 36.7 Å². The topological polar surface area (TPSA) is 155 Å². The van der Waals surface area contributed by atoms with Gasteiger partial charge in [0.05, 0.1) is 25.3 Å². The highest BCUT2D eigenvalue weighted by molar-refractivity contribution is 6.07. The lowest BCUT2D eigenvalue weighted by atomic mass is 9.84. The number of ketones is 1. The minimum atomic E-state index is -0.478. The van der Waals surface area contributed by atoms with E-state index in [1.165, 1.54) is 13.1 Å². The van der Waals surface area contributed by atoms with E-state index >= 15 is 0 Å². The summed E-state index contributed by atoms with van der Waals surface area (Å²) in [6.45, 7) is 8.34. The van der Waals surface area contributed by atoms with Crippen LogP contribution in [0.3, 0.4) is 0 Å². The van der Waals surface area contributed by atoms with Crippen molar-refractivity contribution in [2.75, 3.05) is 26.8 Å². The Bertz CT molecular complexity index is 1260. The molecule has 0 atom stereocenters. The van der Waals surface area contributed by atoms with Crippen LogP contribution in [0.4, 0.5) is 0 Å². The number of hydrogen-bond donors (Lipinski definition) is 4. The normalized spacial score (nSPS) is 12.8. The zero-order valence-corrected chi connectivity index (χ0v) is 22.6. The van der Waals surface area contributed by atoms with E-state index in [-0.39, 0.29) is 48.6 Å². The molecule has 3 rings (SSSR count). The van der Waals surface area contributed by atoms with Crippen LogP contribution in [0, 0.1) is 5.41 Å². The summed E-state index contributed by atoms with van der Waals surface area (Å²) in [4.78, 5) is 38.5. The number of carbonyl (C=O) groups is 3. The van der Waals surface area contributed by atoms with E-state index in [9.17, 15) is 19.5 Å². The summed E-state index contributed by atoms with van der Waals surface area (Å²) in [5, 5.41) is 22.1. The van der Waals surface area contributed by atoms with Gasteiger partial charge in [0.1, 0.15) is 11.6 Å². The number of aromatic hydroxyl groups is 1. The molecule has 10 heteroatoms. The van der Waals surface area contributed by atoms with Crippen molar-refractivity contribution in [3.05, 3.63) is 52.1 Å². The summed E-state index contributed by atoms with van der Waals surface area (Å²) in [7, 11) is 1.53. The molecule has 1 aliphatic rings. The number of rotatable bonds is 11. The van der Waals surface area contributed by atoms with Crippen LogP contribution in [0.25, 0.3) is 0 Å². The van der Waals surface area contributed by atoms with E-state index in [1.807, 2.05) is 27.7 Å². The smallest absolute Gasteiger partial charge is 0.254 e. The zero-order valence-electron chi connectivity index (χ0n) is 22.6. The first kappa shape index (κ1) is 28.5. The summed E-state index contributed by atoms with van der Waals surface area (Å²) in [6.07, 6.45) is 0.526. The van der Waals surface area contributed by atoms with Gasteiger partial charge in [0.2, 0.25) is 5.91 Å². The van der Waals surface area contributed by atoms with Crippen LogP contribution in [-0.4, -0.2) is 60.2 Å². The van der Waals surface area contributed by atoms with Gasteiger partial charge in [0.15, 0.2) is 17.3 Å². The van der Waals surface area contributed by atoms with Gasteiger partial charge in [-0.25, -0.2) is 0 Å². The number of fused-ring (bicyclic) bond motifs is 1. The second-order valence-corrected chi connectivity index (χ2v) is 10.2. The number of Topliss-reactive ketones (excluding diaryl/α,β-unsaturated/α-hetero) is 1. The van der Waals surface area contributed by atoms with E-state index in [0.29, 0.717) is 47.6 Å². The van der Waals surface area contributed by atoms with Crippen LogP contribution in [0.2, 0.25) is 0 Å². The number of nitrogens with one attached hydrogen (secondary N) is 2. The zero-order chi connectivity index (χ0) is 28.2. The van der Waals surface area contributed by atoms with Crippen LogP contribution in [-0.2, 0) is 16.8 Å². The number of amides is 2. The van der Waals surface area contributed by atoms with Gasteiger partial charge in [-0.15, -0.1) is 0 Å². The fourth-order valence-corrected chi connectivity index (χ4v) is 4.29. The number of carbonyl (C=O) groups excluding carboxylic acids is 3. The third-order valence-electron chi connectivity index (χ3n) is 6.27. The number of phenols is 1. The number of nitrogens with two attached hydrogens (primary N) is 1. The molecule has 10 nitrogen and oxygen atoms in total. The predicted molar refractivity (Wildman–Crippen MR) is 143 cm³/mol. The average Bonchev–Trinajstić information content (AvgIpc) is 3.14. The molecule has 0 saturated heterocycles. The molecule has 0 unspecified atom stereocenters. The van der Waals surface area contributed by atoms with E-state index in [1.54, 1.807) is 23.1 Å². The molecular weight excluding hydrogens is 488 g/mol. The van der Waals surface area contributed by atoms with Crippen molar-refractivity contribution in [3.8, 4) is 17.2 Å². The van der Waals surface area contributed by atoms with Crippen LogP contribution in [0.5, 0.6) is 17.2 Å². The number of hydrogen-bond acceptors (Lipinski definition) is 7. The molecule has 2 aromatic rings. The van der Waals surface area contributed by atoms with Crippen molar-refractivity contribution >= 4 is 23.4 Å². The number of phenolic OH excluding ortho intramolecular Hbond substituents is 1. The van der Waals surface area contributed by atoms with E-state index in [4.69, 9.17) is 20.6 Å². The van der Waals surface area contributed by atoms with Crippen molar-refractivity contribution in [2.45, 2.75) is 52.5 Å². The maximum atomic E-state index is 13.4. The van der Waals surface area contributed by atoms with Gasteiger partial charge in [-0.2, -0.15) is 0 Å². The predicted octanol–water partition coefficient (Wildman–Crippen LogP) is 3.12. The maximum absolute atomic E-state index is 13.4. The Kier molecular flexibility index (Phi) is 8.65. The van der Waals surface area contributed by atoms with Crippen molar-refractivity contribution in [2.24, 2.45) is 5.73 Å². The number of ether oxygens (including phenoxy) is 2. The Morgan fingerprint density at radius 2 is 1.84 bits per heavy atom. The molecule has 0 saturated carbocycles. The second kappa shape index (κ2) is 11.5. The summed E-state index contributed by atoms with van der Waals surface area (Å²) < 4.78 is 11.4. The lowest BCUT2D eigenvalue weighted by Crippen LogP contribution is -2.30. The van der Waals surface area contributed by atoms with Crippen molar-refractivity contribution < 1.29 is 29.0 Å². The van der Waals surface area contributed by atoms with Crippen molar-refractivity contribution in [1.29, 1.82) is 5.41 Å². The number of primary amides is 1. The van der Waals surface area contributed by atoms with Crippen LogP contribution >= 0.6 is 0 Å². The third-order valence-corrected chi connectivity index (χ3v) is 6.27. The first-order valence-electron chi connectivity index (χ1n) is 12.5. The van der Waals surface area contributed by atoms with Gasteiger partial charge in [0.25, 0.3) is 5.91 Å². The van der Waals surface area contributed by atoms with Crippen LogP contribution in [0.15, 0.2) is 24.3 Å². The van der Waals surface area contributed by atoms with Gasteiger partial charge < -0.3 is 30.5 Å².